The summed E-state index contributed by atoms with van der Waals surface area (Å²) in [6.07, 6.45) is 6.27. The molecule has 2 aromatic rings. The minimum atomic E-state index is 0.461. The van der Waals surface area contributed by atoms with Crippen molar-refractivity contribution in [2.75, 3.05) is 6.54 Å². The third-order valence-corrected chi connectivity index (χ3v) is 4.73. The van der Waals surface area contributed by atoms with Crippen molar-refractivity contribution in [3.05, 3.63) is 39.3 Å². The Kier molecular flexibility index (Phi) is 4.77. The van der Waals surface area contributed by atoms with Crippen molar-refractivity contribution in [1.29, 1.82) is 0 Å². The molecule has 0 saturated carbocycles. The molecule has 4 heteroatoms. The van der Waals surface area contributed by atoms with E-state index in [9.17, 15) is 0 Å². The third-order valence-electron chi connectivity index (χ3n) is 3.46. The van der Waals surface area contributed by atoms with Crippen LogP contribution in [0.4, 0.5) is 0 Å². The van der Waals surface area contributed by atoms with Crippen LogP contribution < -0.4 is 5.32 Å². The van der Waals surface area contributed by atoms with E-state index in [4.69, 9.17) is 0 Å². The Morgan fingerprint density at radius 1 is 1.42 bits per heavy atom. The molecule has 2 rings (SSSR count). The van der Waals surface area contributed by atoms with Gasteiger partial charge in [0.1, 0.15) is 0 Å². The van der Waals surface area contributed by atoms with Crippen LogP contribution in [0.1, 0.15) is 40.3 Å². The molecule has 0 bridgehead atoms. The second-order valence-corrected chi connectivity index (χ2v) is 6.35. The Balaban J connectivity index is 2.03. The first-order valence-electron chi connectivity index (χ1n) is 6.88. The van der Waals surface area contributed by atoms with E-state index in [2.05, 4.69) is 43.4 Å². The fraction of sp³-hybridized carbons (Fsp3) is 0.533. The van der Waals surface area contributed by atoms with Crippen LogP contribution in [-0.4, -0.2) is 16.3 Å². The maximum Gasteiger partial charge on any atom is 0.0521 e. The van der Waals surface area contributed by atoms with Crippen LogP contribution in [0.3, 0.4) is 0 Å². The van der Waals surface area contributed by atoms with Crippen LogP contribution in [0.2, 0.25) is 0 Å². The predicted octanol–water partition coefficient (Wildman–Crippen LogP) is 3.38. The highest BCUT2D eigenvalue weighted by Crippen LogP contribution is 2.29. The zero-order valence-corrected chi connectivity index (χ0v) is 13.0. The fourth-order valence-electron chi connectivity index (χ4n) is 2.28. The Hall–Kier alpha value is -1.13. The van der Waals surface area contributed by atoms with Crippen LogP contribution in [-0.2, 0) is 13.5 Å². The van der Waals surface area contributed by atoms with Gasteiger partial charge in [0.05, 0.1) is 6.20 Å². The van der Waals surface area contributed by atoms with Crippen LogP contribution in [0.25, 0.3) is 0 Å². The lowest BCUT2D eigenvalue weighted by Crippen LogP contribution is -2.20. The molecule has 0 saturated heterocycles. The number of hydrogen-bond acceptors (Lipinski definition) is 3. The molecule has 3 nitrogen and oxygen atoms in total. The van der Waals surface area contributed by atoms with Gasteiger partial charge in [-0.05, 0) is 50.4 Å². The monoisotopic (exact) mass is 277 g/mol. The zero-order chi connectivity index (χ0) is 13.8. The molecular formula is C15H23N3S. The van der Waals surface area contributed by atoms with Crippen molar-refractivity contribution in [3.63, 3.8) is 0 Å². The lowest BCUT2D eigenvalue weighted by atomic mass is 10.1. The van der Waals surface area contributed by atoms with Crippen LogP contribution in [0, 0.1) is 13.8 Å². The van der Waals surface area contributed by atoms with E-state index in [0.29, 0.717) is 6.04 Å². The van der Waals surface area contributed by atoms with Crippen molar-refractivity contribution in [2.45, 2.75) is 39.7 Å². The van der Waals surface area contributed by atoms with E-state index in [0.717, 1.165) is 19.4 Å². The average molecular weight is 277 g/mol. The van der Waals surface area contributed by atoms with E-state index in [1.165, 1.54) is 20.9 Å². The molecule has 0 aromatic carbocycles. The summed E-state index contributed by atoms with van der Waals surface area (Å²) in [4.78, 5) is 2.89. The number of nitrogens with one attached hydrogen (secondary N) is 1. The standard InChI is InChI=1S/C15H23N3S/c1-5-16-14(15-8-11(2)12(3)19-15)7-6-13-9-17-18(4)10-13/h8-10,14,16H,5-7H2,1-4H3. The number of thiophene rings is 1. The van der Waals surface area contributed by atoms with E-state index >= 15 is 0 Å². The highest BCUT2D eigenvalue weighted by molar-refractivity contribution is 7.12. The zero-order valence-electron chi connectivity index (χ0n) is 12.2. The summed E-state index contributed by atoms with van der Waals surface area (Å²) >= 11 is 1.92. The van der Waals surface area contributed by atoms with Gasteiger partial charge in [0.25, 0.3) is 0 Å². The molecule has 1 N–H and O–H groups in total. The minimum absolute atomic E-state index is 0.461. The van der Waals surface area contributed by atoms with Gasteiger partial charge in [0.2, 0.25) is 0 Å². The molecule has 19 heavy (non-hydrogen) atoms. The quantitative estimate of drug-likeness (QED) is 0.877. The highest BCUT2D eigenvalue weighted by Gasteiger charge is 2.14. The number of hydrogen-bond donors (Lipinski definition) is 1. The Morgan fingerprint density at radius 3 is 2.74 bits per heavy atom. The molecule has 1 atom stereocenters. The normalized spacial score (nSPS) is 12.8. The van der Waals surface area contributed by atoms with E-state index in [1.54, 1.807) is 0 Å². The summed E-state index contributed by atoms with van der Waals surface area (Å²) in [7, 11) is 1.97. The van der Waals surface area contributed by atoms with Crippen molar-refractivity contribution in [2.24, 2.45) is 7.05 Å². The van der Waals surface area contributed by atoms with Crippen LogP contribution in [0.5, 0.6) is 0 Å². The van der Waals surface area contributed by atoms with Gasteiger partial charge in [-0.1, -0.05) is 6.92 Å². The largest absolute Gasteiger partial charge is 0.310 e. The maximum absolute atomic E-state index is 4.23. The average Bonchev–Trinajstić information content (AvgIpc) is 2.92. The minimum Gasteiger partial charge on any atom is -0.310 e. The number of aryl methyl sites for hydroxylation is 4. The summed E-state index contributed by atoms with van der Waals surface area (Å²) in [5.41, 5.74) is 2.72. The van der Waals surface area contributed by atoms with Gasteiger partial charge in [0.15, 0.2) is 0 Å². The van der Waals surface area contributed by atoms with Gasteiger partial charge in [-0.25, -0.2) is 0 Å². The molecule has 0 aliphatic carbocycles. The summed E-state index contributed by atoms with van der Waals surface area (Å²) < 4.78 is 1.87. The predicted molar refractivity (Wildman–Crippen MR) is 81.7 cm³/mol. The van der Waals surface area contributed by atoms with Gasteiger partial charge in [-0.2, -0.15) is 5.10 Å². The van der Waals surface area contributed by atoms with E-state index in [-0.39, 0.29) is 0 Å². The van der Waals surface area contributed by atoms with Crippen molar-refractivity contribution in [1.82, 2.24) is 15.1 Å². The van der Waals surface area contributed by atoms with Gasteiger partial charge in [0, 0.05) is 29.0 Å². The van der Waals surface area contributed by atoms with Crippen LogP contribution in [0.15, 0.2) is 18.5 Å². The molecule has 0 aliphatic heterocycles. The second kappa shape index (κ2) is 6.35. The highest BCUT2D eigenvalue weighted by atomic mass is 32.1. The van der Waals surface area contributed by atoms with E-state index < -0.39 is 0 Å². The molecule has 2 aromatic heterocycles. The van der Waals surface area contributed by atoms with Crippen molar-refractivity contribution in [3.8, 4) is 0 Å². The lowest BCUT2D eigenvalue weighted by molar-refractivity contribution is 0.523. The van der Waals surface area contributed by atoms with Gasteiger partial charge >= 0.3 is 0 Å². The van der Waals surface area contributed by atoms with E-state index in [1.807, 2.05) is 29.3 Å². The molecular weight excluding hydrogens is 254 g/mol. The molecule has 0 radical (unpaired) electrons. The van der Waals surface area contributed by atoms with Gasteiger partial charge < -0.3 is 5.32 Å². The Bertz CT molecular complexity index is 508. The Labute approximate surface area is 119 Å². The van der Waals surface area contributed by atoms with Gasteiger partial charge in [-0.3, -0.25) is 4.68 Å². The first-order valence-corrected chi connectivity index (χ1v) is 7.69. The molecule has 2 heterocycles. The maximum atomic E-state index is 4.23. The SMILES string of the molecule is CCNC(CCc1cnn(C)c1)c1cc(C)c(C)s1. The summed E-state index contributed by atoms with van der Waals surface area (Å²) in [6, 6.07) is 2.79. The topological polar surface area (TPSA) is 29.9 Å². The third kappa shape index (κ3) is 3.67. The first kappa shape index (κ1) is 14.3. The molecule has 0 aliphatic rings. The smallest absolute Gasteiger partial charge is 0.0521 e. The number of nitrogens with zero attached hydrogens (tertiary/aromatic N) is 2. The summed E-state index contributed by atoms with van der Waals surface area (Å²) in [5.74, 6) is 0. The van der Waals surface area contributed by atoms with Crippen molar-refractivity contribution < 1.29 is 0 Å². The fourth-order valence-corrected chi connectivity index (χ4v) is 3.43. The number of aromatic nitrogens is 2. The van der Waals surface area contributed by atoms with Crippen molar-refractivity contribution >= 4 is 11.3 Å². The molecule has 0 fully saturated rings. The first-order chi connectivity index (χ1) is 9.10. The lowest BCUT2D eigenvalue weighted by Gasteiger charge is -2.15. The number of rotatable bonds is 6. The Morgan fingerprint density at radius 2 is 2.21 bits per heavy atom. The van der Waals surface area contributed by atoms with Gasteiger partial charge in [-0.15, -0.1) is 11.3 Å². The molecule has 0 spiro atoms. The molecule has 0 amide bonds. The second-order valence-electron chi connectivity index (χ2n) is 5.06. The van der Waals surface area contributed by atoms with Crippen LogP contribution >= 0.6 is 11.3 Å². The summed E-state index contributed by atoms with van der Waals surface area (Å²) in [5, 5.41) is 7.83. The summed E-state index contributed by atoms with van der Waals surface area (Å²) in [6.45, 7) is 7.57. The molecule has 104 valence electrons. The molecule has 1 unspecified atom stereocenters.